The number of para-hydroxylation sites is 2. The van der Waals surface area contributed by atoms with Gasteiger partial charge in [0.2, 0.25) is 5.91 Å². The van der Waals surface area contributed by atoms with Crippen molar-refractivity contribution in [3.05, 3.63) is 60.9 Å². The molecule has 3 aromatic rings. The largest absolute Gasteiger partial charge is 0.495 e. The standard InChI is InChI=1S/C19H19N5O2/c1-13(25)22-14-6-5-7-15(10-14)23-18-11-19(21-12-20-18)24-16-8-3-4-9-17(16)26-2/h3-12H,1-2H3,(H,22,25)(H2,20,21,23,24). The molecule has 2 aromatic carbocycles. The van der Waals surface area contributed by atoms with Crippen LogP contribution in [0.3, 0.4) is 0 Å². The predicted molar refractivity (Wildman–Crippen MR) is 102 cm³/mol. The molecular formula is C19H19N5O2. The molecule has 3 rings (SSSR count). The summed E-state index contributed by atoms with van der Waals surface area (Å²) in [5.74, 6) is 1.86. The number of benzene rings is 2. The van der Waals surface area contributed by atoms with Crippen LogP contribution in [-0.2, 0) is 4.79 Å². The molecule has 0 fully saturated rings. The minimum absolute atomic E-state index is 0.118. The normalized spacial score (nSPS) is 10.1. The fraction of sp³-hybridized carbons (Fsp3) is 0.105. The number of hydrogen-bond donors (Lipinski definition) is 3. The number of methoxy groups -OCH3 is 1. The number of amides is 1. The third kappa shape index (κ3) is 4.47. The second kappa shape index (κ2) is 7.98. The Kier molecular flexibility index (Phi) is 5.28. The highest BCUT2D eigenvalue weighted by Crippen LogP contribution is 2.27. The Bertz CT molecular complexity index is 914. The Morgan fingerprint density at radius 3 is 2.42 bits per heavy atom. The van der Waals surface area contributed by atoms with Gasteiger partial charge in [0.25, 0.3) is 0 Å². The maximum atomic E-state index is 11.2. The van der Waals surface area contributed by atoms with E-state index in [1.54, 1.807) is 13.2 Å². The number of hydrogen-bond acceptors (Lipinski definition) is 6. The van der Waals surface area contributed by atoms with Crippen LogP contribution in [-0.4, -0.2) is 23.0 Å². The van der Waals surface area contributed by atoms with E-state index in [1.807, 2.05) is 48.5 Å². The highest BCUT2D eigenvalue weighted by Gasteiger charge is 2.05. The van der Waals surface area contributed by atoms with Crippen LogP contribution in [0, 0.1) is 0 Å². The molecule has 26 heavy (non-hydrogen) atoms. The van der Waals surface area contributed by atoms with Crippen molar-refractivity contribution < 1.29 is 9.53 Å². The molecule has 1 heterocycles. The van der Waals surface area contributed by atoms with Crippen molar-refractivity contribution in [2.45, 2.75) is 6.92 Å². The molecule has 0 atom stereocenters. The van der Waals surface area contributed by atoms with Crippen LogP contribution in [0.1, 0.15) is 6.92 Å². The lowest BCUT2D eigenvalue weighted by molar-refractivity contribution is -0.114. The molecule has 132 valence electrons. The van der Waals surface area contributed by atoms with Crippen molar-refractivity contribution in [3.63, 3.8) is 0 Å². The van der Waals surface area contributed by atoms with Crippen LogP contribution in [0.2, 0.25) is 0 Å². The lowest BCUT2D eigenvalue weighted by atomic mass is 10.2. The van der Waals surface area contributed by atoms with Crippen molar-refractivity contribution in [2.24, 2.45) is 0 Å². The van der Waals surface area contributed by atoms with Crippen molar-refractivity contribution in [2.75, 3.05) is 23.1 Å². The zero-order chi connectivity index (χ0) is 18.4. The summed E-state index contributed by atoms with van der Waals surface area (Å²) in [7, 11) is 1.62. The Balaban J connectivity index is 1.76. The summed E-state index contributed by atoms with van der Waals surface area (Å²) in [5, 5.41) is 9.16. The maximum absolute atomic E-state index is 11.2. The molecule has 0 spiro atoms. The van der Waals surface area contributed by atoms with Gasteiger partial charge in [0.05, 0.1) is 12.8 Å². The van der Waals surface area contributed by atoms with Gasteiger partial charge in [-0.1, -0.05) is 18.2 Å². The molecule has 0 radical (unpaired) electrons. The second-order valence-corrected chi connectivity index (χ2v) is 5.50. The van der Waals surface area contributed by atoms with Gasteiger partial charge in [-0.2, -0.15) is 0 Å². The van der Waals surface area contributed by atoms with Crippen molar-refractivity contribution in [3.8, 4) is 5.75 Å². The van der Waals surface area contributed by atoms with E-state index in [1.165, 1.54) is 13.3 Å². The smallest absolute Gasteiger partial charge is 0.221 e. The van der Waals surface area contributed by atoms with Crippen LogP contribution < -0.4 is 20.7 Å². The number of rotatable bonds is 6. The van der Waals surface area contributed by atoms with Crippen molar-refractivity contribution in [1.82, 2.24) is 9.97 Å². The van der Waals surface area contributed by atoms with Gasteiger partial charge in [-0.3, -0.25) is 4.79 Å². The van der Waals surface area contributed by atoms with Crippen LogP contribution >= 0.6 is 0 Å². The number of ether oxygens (including phenoxy) is 1. The highest BCUT2D eigenvalue weighted by molar-refractivity contribution is 5.89. The Morgan fingerprint density at radius 1 is 0.923 bits per heavy atom. The first-order valence-electron chi connectivity index (χ1n) is 8.01. The minimum Gasteiger partial charge on any atom is -0.495 e. The number of carbonyl (C=O) groups is 1. The van der Waals surface area contributed by atoms with E-state index in [4.69, 9.17) is 4.74 Å². The third-order valence-electron chi connectivity index (χ3n) is 3.49. The van der Waals surface area contributed by atoms with Gasteiger partial charge >= 0.3 is 0 Å². The minimum atomic E-state index is -0.118. The van der Waals surface area contributed by atoms with Gasteiger partial charge in [-0.25, -0.2) is 9.97 Å². The predicted octanol–water partition coefficient (Wildman–Crippen LogP) is 3.93. The molecule has 0 bridgehead atoms. The molecule has 0 saturated heterocycles. The average Bonchev–Trinajstić information content (AvgIpc) is 2.62. The average molecular weight is 349 g/mol. The molecule has 0 aliphatic carbocycles. The van der Waals surface area contributed by atoms with Crippen molar-refractivity contribution in [1.29, 1.82) is 0 Å². The van der Waals surface area contributed by atoms with E-state index in [9.17, 15) is 4.79 Å². The van der Waals surface area contributed by atoms with E-state index in [2.05, 4.69) is 25.9 Å². The summed E-state index contributed by atoms with van der Waals surface area (Å²) < 4.78 is 5.33. The van der Waals surface area contributed by atoms with Gasteiger partial charge < -0.3 is 20.7 Å². The Morgan fingerprint density at radius 2 is 1.65 bits per heavy atom. The summed E-state index contributed by atoms with van der Waals surface area (Å²) in [5.41, 5.74) is 2.33. The molecule has 1 aromatic heterocycles. The lowest BCUT2D eigenvalue weighted by Crippen LogP contribution is -2.06. The van der Waals surface area contributed by atoms with E-state index in [0.29, 0.717) is 17.3 Å². The SMILES string of the molecule is COc1ccccc1Nc1cc(Nc2cccc(NC(C)=O)c2)ncn1. The fourth-order valence-corrected chi connectivity index (χ4v) is 2.41. The molecule has 0 unspecified atom stereocenters. The van der Waals surface area contributed by atoms with Gasteiger partial charge in [0, 0.05) is 24.4 Å². The number of nitrogens with zero attached hydrogens (tertiary/aromatic N) is 2. The zero-order valence-corrected chi connectivity index (χ0v) is 14.5. The molecule has 0 aliphatic rings. The molecule has 7 nitrogen and oxygen atoms in total. The molecule has 1 amide bonds. The van der Waals surface area contributed by atoms with Gasteiger partial charge in [0.15, 0.2) is 0 Å². The molecule has 3 N–H and O–H groups in total. The summed E-state index contributed by atoms with van der Waals surface area (Å²) in [6.45, 7) is 1.47. The number of nitrogens with one attached hydrogen (secondary N) is 3. The monoisotopic (exact) mass is 349 g/mol. The summed E-state index contributed by atoms with van der Waals surface area (Å²) in [6, 6.07) is 16.8. The quantitative estimate of drug-likeness (QED) is 0.625. The number of aromatic nitrogens is 2. The van der Waals surface area contributed by atoms with Crippen LogP contribution in [0.25, 0.3) is 0 Å². The summed E-state index contributed by atoms with van der Waals surface area (Å²) in [4.78, 5) is 19.6. The van der Waals surface area contributed by atoms with Crippen LogP contribution in [0.4, 0.5) is 28.7 Å². The van der Waals surface area contributed by atoms with E-state index in [-0.39, 0.29) is 5.91 Å². The lowest BCUT2D eigenvalue weighted by Gasteiger charge is -2.12. The number of carbonyl (C=O) groups excluding carboxylic acids is 1. The molecule has 0 saturated carbocycles. The summed E-state index contributed by atoms with van der Waals surface area (Å²) >= 11 is 0. The Labute approximate surface area is 151 Å². The Hall–Kier alpha value is -3.61. The first-order valence-corrected chi connectivity index (χ1v) is 8.01. The van der Waals surface area contributed by atoms with Crippen molar-refractivity contribution >= 4 is 34.6 Å². The van der Waals surface area contributed by atoms with Gasteiger partial charge in [-0.05, 0) is 30.3 Å². The molecular weight excluding hydrogens is 330 g/mol. The van der Waals surface area contributed by atoms with E-state index < -0.39 is 0 Å². The summed E-state index contributed by atoms with van der Waals surface area (Å²) in [6.07, 6.45) is 1.47. The van der Waals surface area contributed by atoms with Crippen LogP contribution in [0.5, 0.6) is 5.75 Å². The van der Waals surface area contributed by atoms with E-state index >= 15 is 0 Å². The highest BCUT2D eigenvalue weighted by atomic mass is 16.5. The van der Waals surface area contributed by atoms with Crippen LogP contribution in [0.15, 0.2) is 60.9 Å². The molecule has 7 heteroatoms. The third-order valence-corrected chi connectivity index (χ3v) is 3.49. The maximum Gasteiger partial charge on any atom is 0.221 e. The number of anilines is 5. The van der Waals surface area contributed by atoms with E-state index in [0.717, 1.165) is 17.1 Å². The topological polar surface area (TPSA) is 88.2 Å². The second-order valence-electron chi connectivity index (χ2n) is 5.50. The first kappa shape index (κ1) is 17.2. The van der Waals surface area contributed by atoms with Gasteiger partial charge in [0.1, 0.15) is 23.7 Å². The van der Waals surface area contributed by atoms with Gasteiger partial charge in [-0.15, -0.1) is 0 Å². The first-order chi connectivity index (χ1) is 12.6. The fourth-order valence-electron chi connectivity index (χ4n) is 2.41. The molecule has 0 aliphatic heterocycles. The zero-order valence-electron chi connectivity index (χ0n) is 14.5.